The van der Waals surface area contributed by atoms with E-state index in [2.05, 4.69) is 39.2 Å². The van der Waals surface area contributed by atoms with Crippen LogP contribution in [0.1, 0.15) is 29.5 Å². The van der Waals surface area contributed by atoms with Crippen LogP contribution in [0.25, 0.3) is 10.9 Å². The van der Waals surface area contributed by atoms with Gasteiger partial charge in [0.15, 0.2) is 0 Å². The third kappa shape index (κ3) is 5.02. The number of H-pyrrole nitrogens is 1. The number of nitriles is 1. The number of hydrogen-bond donors (Lipinski definition) is 1. The summed E-state index contributed by atoms with van der Waals surface area (Å²) in [5, 5.41) is 10.3. The average molecular weight is 403 g/mol. The Kier molecular flexibility index (Phi) is 6.68. The van der Waals surface area contributed by atoms with Gasteiger partial charge in [0.25, 0.3) is 0 Å². The summed E-state index contributed by atoms with van der Waals surface area (Å²) in [6.45, 7) is 6.74. The minimum absolute atomic E-state index is 0.732. The maximum atomic E-state index is 9.13. The van der Waals surface area contributed by atoms with Gasteiger partial charge in [0.1, 0.15) is 5.75 Å². The van der Waals surface area contributed by atoms with E-state index in [4.69, 9.17) is 10.00 Å². The third-order valence-electron chi connectivity index (χ3n) is 6.10. The molecule has 2 aromatic carbocycles. The molecule has 0 aliphatic carbocycles. The Labute approximate surface area is 178 Å². The largest absolute Gasteiger partial charge is 0.497 e. The van der Waals surface area contributed by atoms with Crippen LogP contribution in [-0.2, 0) is 13.0 Å². The van der Waals surface area contributed by atoms with Gasteiger partial charge in [-0.15, -0.1) is 0 Å². The number of fused-ring (bicyclic) bond motifs is 1. The number of aryl methyl sites for hydroxylation is 1. The van der Waals surface area contributed by atoms with Gasteiger partial charge in [-0.1, -0.05) is 12.1 Å². The first-order valence-corrected chi connectivity index (χ1v) is 10.8. The number of rotatable bonds is 8. The Morgan fingerprint density at radius 2 is 1.77 bits per heavy atom. The van der Waals surface area contributed by atoms with Crippen molar-refractivity contribution in [3.63, 3.8) is 0 Å². The van der Waals surface area contributed by atoms with E-state index < -0.39 is 0 Å². The van der Waals surface area contributed by atoms with Crippen molar-refractivity contribution in [1.82, 2.24) is 14.8 Å². The molecule has 3 aromatic rings. The van der Waals surface area contributed by atoms with Crippen LogP contribution >= 0.6 is 0 Å². The highest BCUT2D eigenvalue weighted by Gasteiger charge is 2.16. The first-order chi connectivity index (χ1) is 14.7. The summed E-state index contributed by atoms with van der Waals surface area (Å²) in [7, 11) is 1.71. The van der Waals surface area contributed by atoms with Crippen LogP contribution in [0.15, 0.2) is 48.7 Å². The van der Waals surface area contributed by atoms with Crippen molar-refractivity contribution in [3.05, 3.63) is 65.4 Å². The number of methoxy groups -OCH3 is 1. The molecule has 1 fully saturated rings. The van der Waals surface area contributed by atoms with Gasteiger partial charge in [0.05, 0.1) is 18.7 Å². The predicted octanol–water partition coefficient (Wildman–Crippen LogP) is 4.19. The molecule has 5 nitrogen and oxygen atoms in total. The number of ether oxygens (including phenoxy) is 1. The number of aromatic nitrogens is 1. The smallest absolute Gasteiger partial charge is 0.118 e. The minimum Gasteiger partial charge on any atom is -0.497 e. The van der Waals surface area contributed by atoms with Crippen molar-refractivity contribution in [2.75, 3.05) is 39.8 Å². The number of nitrogens with zero attached hydrogens (tertiary/aromatic N) is 3. The lowest BCUT2D eigenvalue weighted by Gasteiger charge is -2.34. The molecule has 0 radical (unpaired) electrons. The number of hydrogen-bond acceptors (Lipinski definition) is 4. The predicted molar refractivity (Wildman–Crippen MR) is 121 cm³/mol. The van der Waals surface area contributed by atoms with E-state index >= 15 is 0 Å². The zero-order chi connectivity index (χ0) is 20.8. The second-order valence-electron chi connectivity index (χ2n) is 8.11. The fraction of sp³-hybridized carbons (Fsp3) is 0.400. The molecule has 2 heterocycles. The van der Waals surface area contributed by atoms with E-state index in [-0.39, 0.29) is 0 Å². The summed E-state index contributed by atoms with van der Waals surface area (Å²) in [4.78, 5) is 8.46. The zero-order valence-corrected chi connectivity index (χ0v) is 17.7. The Bertz CT molecular complexity index is 994. The van der Waals surface area contributed by atoms with Crippen LogP contribution in [0.4, 0.5) is 0 Å². The van der Waals surface area contributed by atoms with E-state index in [1.165, 1.54) is 35.9 Å². The standard InChI is InChI=1S/C25H30N4O/c1-30-23-8-5-20(6-9-23)19-29-14-12-28(13-15-29)11-3-2-4-22-18-27-25-10-7-21(17-26)16-24(22)25/h5-10,16,18,27H,2-4,11-15,19H2,1H3. The number of nitrogens with one attached hydrogen (secondary N) is 1. The fourth-order valence-electron chi connectivity index (χ4n) is 4.27. The van der Waals surface area contributed by atoms with E-state index in [9.17, 15) is 0 Å². The minimum atomic E-state index is 0.732. The van der Waals surface area contributed by atoms with E-state index in [0.717, 1.165) is 56.0 Å². The van der Waals surface area contributed by atoms with Crippen molar-refractivity contribution in [1.29, 1.82) is 5.26 Å². The fourth-order valence-corrected chi connectivity index (χ4v) is 4.27. The molecule has 0 spiro atoms. The molecular weight excluding hydrogens is 372 g/mol. The molecule has 5 heteroatoms. The molecule has 1 N–H and O–H groups in total. The SMILES string of the molecule is COc1ccc(CN2CCN(CCCCc3c[nH]c4ccc(C#N)cc34)CC2)cc1. The Morgan fingerprint density at radius 1 is 1.00 bits per heavy atom. The molecule has 0 bridgehead atoms. The van der Waals surface area contributed by atoms with E-state index in [0.29, 0.717) is 0 Å². The van der Waals surface area contributed by atoms with Gasteiger partial charge in [-0.3, -0.25) is 4.90 Å². The number of aromatic amines is 1. The zero-order valence-electron chi connectivity index (χ0n) is 17.7. The Hall–Kier alpha value is -2.81. The number of piperazine rings is 1. The lowest BCUT2D eigenvalue weighted by atomic mass is 10.1. The summed E-state index contributed by atoms with van der Waals surface area (Å²) in [6, 6.07) is 16.5. The lowest BCUT2D eigenvalue weighted by molar-refractivity contribution is 0.125. The van der Waals surface area contributed by atoms with Crippen LogP contribution in [0.3, 0.4) is 0 Å². The molecule has 1 aromatic heterocycles. The topological polar surface area (TPSA) is 55.3 Å². The molecular formula is C25H30N4O. The maximum Gasteiger partial charge on any atom is 0.118 e. The number of unbranched alkanes of at least 4 members (excludes halogenated alkanes) is 1. The van der Waals surface area contributed by atoms with Crippen LogP contribution in [0.5, 0.6) is 5.75 Å². The quantitative estimate of drug-likeness (QED) is 0.574. The van der Waals surface area contributed by atoms with E-state index in [1.807, 2.05) is 30.3 Å². The van der Waals surface area contributed by atoms with Crippen molar-refractivity contribution < 1.29 is 4.74 Å². The van der Waals surface area contributed by atoms with Crippen molar-refractivity contribution in [3.8, 4) is 11.8 Å². The highest BCUT2D eigenvalue weighted by Crippen LogP contribution is 2.21. The van der Waals surface area contributed by atoms with Crippen LogP contribution < -0.4 is 4.74 Å². The molecule has 0 atom stereocenters. The summed E-state index contributed by atoms with van der Waals surface area (Å²) >= 11 is 0. The van der Waals surface area contributed by atoms with Gasteiger partial charge in [-0.05, 0) is 67.3 Å². The molecule has 0 unspecified atom stereocenters. The van der Waals surface area contributed by atoms with E-state index in [1.54, 1.807) is 7.11 Å². The average Bonchev–Trinajstić information content (AvgIpc) is 3.20. The van der Waals surface area contributed by atoms with Crippen LogP contribution in [0, 0.1) is 11.3 Å². The first kappa shape index (κ1) is 20.5. The van der Waals surface area contributed by atoms with Gasteiger partial charge < -0.3 is 14.6 Å². The molecule has 1 aliphatic rings. The highest BCUT2D eigenvalue weighted by molar-refractivity contribution is 5.84. The molecule has 1 saturated heterocycles. The second-order valence-corrected chi connectivity index (χ2v) is 8.11. The van der Waals surface area contributed by atoms with Gasteiger partial charge in [0.2, 0.25) is 0 Å². The van der Waals surface area contributed by atoms with Crippen LogP contribution in [-0.4, -0.2) is 54.6 Å². The van der Waals surface area contributed by atoms with Crippen molar-refractivity contribution in [2.45, 2.75) is 25.8 Å². The Balaban J connectivity index is 1.18. The maximum absolute atomic E-state index is 9.13. The lowest BCUT2D eigenvalue weighted by Crippen LogP contribution is -2.46. The van der Waals surface area contributed by atoms with Gasteiger partial charge >= 0.3 is 0 Å². The molecule has 0 amide bonds. The van der Waals surface area contributed by atoms with Crippen molar-refractivity contribution in [2.24, 2.45) is 0 Å². The van der Waals surface area contributed by atoms with Gasteiger partial charge in [0, 0.05) is 49.8 Å². The first-order valence-electron chi connectivity index (χ1n) is 10.8. The normalized spacial score (nSPS) is 15.3. The number of benzene rings is 2. The molecule has 4 rings (SSSR count). The van der Waals surface area contributed by atoms with Crippen LogP contribution in [0.2, 0.25) is 0 Å². The van der Waals surface area contributed by atoms with Crippen molar-refractivity contribution >= 4 is 10.9 Å². The Morgan fingerprint density at radius 3 is 2.50 bits per heavy atom. The summed E-state index contributed by atoms with van der Waals surface area (Å²) in [5.74, 6) is 0.918. The monoisotopic (exact) mass is 402 g/mol. The van der Waals surface area contributed by atoms with Gasteiger partial charge in [-0.25, -0.2) is 0 Å². The molecule has 1 aliphatic heterocycles. The highest BCUT2D eigenvalue weighted by atomic mass is 16.5. The third-order valence-corrected chi connectivity index (χ3v) is 6.10. The molecule has 0 saturated carbocycles. The van der Waals surface area contributed by atoms with Gasteiger partial charge in [-0.2, -0.15) is 5.26 Å². The molecule has 156 valence electrons. The summed E-state index contributed by atoms with van der Waals surface area (Å²) < 4.78 is 5.24. The summed E-state index contributed by atoms with van der Waals surface area (Å²) in [5.41, 5.74) is 4.53. The summed E-state index contributed by atoms with van der Waals surface area (Å²) in [6.07, 6.45) is 5.55. The second kappa shape index (κ2) is 9.80. The molecule has 30 heavy (non-hydrogen) atoms.